The second-order valence-corrected chi connectivity index (χ2v) is 4.35. The summed E-state index contributed by atoms with van der Waals surface area (Å²) >= 11 is 0. The molecule has 2 rings (SSSR count). The number of hydrogen-bond acceptors (Lipinski definition) is 5. The zero-order chi connectivity index (χ0) is 10.3. The number of nitrogens with one attached hydrogen (secondary N) is 1. The van der Waals surface area contributed by atoms with Gasteiger partial charge in [-0.05, 0) is 13.8 Å². The molecule has 0 unspecified atom stereocenters. The van der Waals surface area contributed by atoms with Crippen molar-refractivity contribution in [2.45, 2.75) is 43.9 Å². The average molecular weight is 203 g/mol. The third-order valence-corrected chi connectivity index (χ3v) is 2.80. The Morgan fingerprint density at radius 2 is 2.21 bits per heavy atom. The molecule has 14 heavy (non-hydrogen) atoms. The van der Waals surface area contributed by atoms with Crippen LogP contribution in [-0.4, -0.2) is 53.5 Å². The molecule has 0 bridgehead atoms. The van der Waals surface area contributed by atoms with Crippen molar-refractivity contribution in [3.8, 4) is 0 Å². The number of ether oxygens (including phenoxy) is 2. The van der Waals surface area contributed by atoms with Crippen LogP contribution in [0.5, 0.6) is 0 Å². The van der Waals surface area contributed by atoms with Crippen LogP contribution >= 0.6 is 0 Å². The van der Waals surface area contributed by atoms with Crippen molar-refractivity contribution in [3.05, 3.63) is 0 Å². The van der Waals surface area contributed by atoms with Gasteiger partial charge in [0.05, 0.1) is 31.4 Å². The fourth-order valence-electron chi connectivity index (χ4n) is 2.04. The fourth-order valence-corrected chi connectivity index (χ4v) is 2.04. The molecule has 0 spiro atoms. The lowest BCUT2D eigenvalue weighted by Gasteiger charge is -2.38. The lowest BCUT2D eigenvalue weighted by molar-refractivity contribution is -0.287. The maximum atomic E-state index is 9.81. The number of fused-ring (bicyclic) bond motifs is 1. The van der Waals surface area contributed by atoms with E-state index in [9.17, 15) is 5.11 Å². The predicted octanol–water partition coefficient (Wildman–Crippen LogP) is -1.17. The number of aliphatic hydroxyl groups excluding tert-OH is 2. The zero-order valence-corrected chi connectivity index (χ0v) is 8.43. The van der Waals surface area contributed by atoms with Gasteiger partial charge in [-0.3, -0.25) is 0 Å². The molecule has 2 aliphatic rings. The molecular weight excluding hydrogens is 186 g/mol. The first-order chi connectivity index (χ1) is 6.53. The van der Waals surface area contributed by atoms with Crippen LogP contribution in [0, 0.1) is 0 Å². The lowest BCUT2D eigenvalue weighted by Crippen LogP contribution is -2.51. The molecule has 4 atom stereocenters. The van der Waals surface area contributed by atoms with Gasteiger partial charge in [0.15, 0.2) is 5.79 Å². The largest absolute Gasteiger partial charge is 0.395 e. The Bertz CT molecular complexity index is 219. The predicted molar refractivity (Wildman–Crippen MR) is 48.7 cm³/mol. The second-order valence-electron chi connectivity index (χ2n) is 4.35. The highest BCUT2D eigenvalue weighted by Gasteiger charge is 2.48. The zero-order valence-electron chi connectivity index (χ0n) is 8.43. The van der Waals surface area contributed by atoms with E-state index in [0.29, 0.717) is 6.61 Å². The molecule has 2 heterocycles. The van der Waals surface area contributed by atoms with E-state index in [1.807, 2.05) is 13.8 Å². The third kappa shape index (κ3) is 1.66. The van der Waals surface area contributed by atoms with Gasteiger partial charge in [0.2, 0.25) is 0 Å². The van der Waals surface area contributed by atoms with Crippen LogP contribution in [0.25, 0.3) is 0 Å². The summed E-state index contributed by atoms with van der Waals surface area (Å²) in [6.07, 6.45) is -0.941. The number of aliphatic hydroxyl groups is 2. The highest BCUT2D eigenvalue weighted by Crippen LogP contribution is 2.29. The molecule has 3 N–H and O–H groups in total. The molecule has 5 nitrogen and oxygen atoms in total. The lowest BCUT2D eigenvalue weighted by atomic mass is 10.1. The van der Waals surface area contributed by atoms with Crippen LogP contribution in [-0.2, 0) is 9.47 Å². The first-order valence-electron chi connectivity index (χ1n) is 4.90. The van der Waals surface area contributed by atoms with Crippen molar-refractivity contribution in [2.75, 3.05) is 13.2 Å². The third-order valence-electron chi connectivity index (χ3n) is 2.80. The van der Waals surface area contributed by atoms with Gasteiger partial charge in [0.1, 0.15) is 6.10 Å². The van der Waals surface area contributed by atoms with Gasteiger partial charge in [-0.15, -0.1) is 0 Å². The van der Waals surface area contributed by atoms with Gasteiger partial charge in [0.25, 0.3) is 0 Å². The van der Waals surface area contributed by atoms with Gasteiger partial charge >= 0.3 is 0 Å². The van der Waals surface area contributed by atoms with Crippen LogP contribution in [0.2, 0.25) is 0 Å². The summed E-state index contributed by atoms with van der Waals surface area (Å²) in [7, 11) is 0. The molecule has 5 heteroatoms. The maximum absolute atomic E-state index is 9.81. The normalized spacial score (nSPS) is 46.3. The molecule has 0 aromatic heterocycles. The SMILES string of the molecule is CC1(C)OC[C@@H]2N[C@@H](CO)[C@@H](O)[C@@H]2O1. The fraction of sp³-hybridized carbons (Fsp3) is 1.00. The molecule has 2 saturated heterocycles. The van der Waals surface area contributed by atoms with E-state index in [2.05, 4.69) is 5.32 Å². The van der Waals surface area contributed by atoms with E-state index in [0.717, 1.165) is 0 Å². The molecule has 0 amide bonds. The first kappa shape index (κ1) is 10.3. The van der Waals surface area contributed by atoms with E-state index in [-0.39, 0.29) is 24.8 Å². The molecule has 2 fully saturated rings. The van der Waals surface area contributed by atoms with Crippen LogP contribution in [0.3, 0.4) is 0 Å². The van der Waals surface area contributed by atoms with E-state index >= 15 is 0 Å². The van der Waals surface area contributed by atoms with Crippen molar-refractivity contribution in [1.29, 1.82) is 0 Å². The first-order valence-corrected chi connectivity index (χ1v) is 4.90. The van der Waals surface area contributed by atoms with Crippen LogP contribution < -0.4 is 5.32 Å². The van der Waals surface area contributed by atoms with Crippen molar-refractivity contribution in [1.82, 2.24) is 5.32 Å². The molecule has 2 aliphatic heterocycles. The minimum absolute atomic E-state index is 0.0184. The summed E-state index contributed by atoms with van der Waals surface area (Å²) in [5, 5.41) is 21.9. The highest BCUT2D eigenvalue weighted by atomic mass is 16.7. The summed E-state index contributed by atoms with van der Waals surface area (Å²) in [5.74, 6) is -0.645. The quantitative estimate of drug-likeness (QED) is 0.501. The van der Waals surface area contributed by atoms with E-state index < -0.39 is 11.9 Å². The minimum atomic E-state index is -0.659. The number of rotatable bonds is 1. The van der Waals surface area contributed by atoms with Gasteiger partial charge < -0.3 is 25.0 Å². The van der Waals surface area contributed by atoms with Crippen molar-refractivity contribution < 1.29 is 19.7 Å². The monoisotopic (exact) mass is 203 g/mol. The summed E-state index contributed by atoms with van der Waals surface area (Å²) in [4.78, 5) is 0. The molecule has 0 radical (unpaired) electrons. The Kier molecular flexibility index (Phi) is 2.53. The summed E-state index contributed by atoms with van der Waals surface area (Å²) < 4.78 is 11.0. The molecular formula is C9H17NO4. The molecule has 0 aromatic rings. The van der Waals surface area contributed by atoms with Gasteiger partial charge in [-0.25, -0.2) is 0 Å². The standard InChI is InChI=1S/C9H17NO4/c1-9(2)13-4-6-8(14-9)7(12)5(3-11)10-6/h5-8,10-12H,3-4H2,1-2H3/t5-,6-,7+,8+/m0/s1. The summed E-state index contributed by atoms with van der Waals surface area (Å²) in [6, 6.07) is -0.322. The Morgan fingerprint density at radius 3 is 2.86 bits per heavy atom. The highest BCUT2D eigenvalue weighted by molar-refractivity contribution is 5.01. The Morgan fingerprint density at radius 1 is 1.50 bits per heavy atom. The molecule has 0 aliphatic carbocycles. The van der Waals surface area contributed by atoms with Crippen molar-refractivity contribution >= 4 is 0 Å². The van der Waals surface area contributed by atoms with Gasteiger partial charge in [-0.2, -0.15) is 0 Å². The van der Waals surface area contributed by atoms with Gasteiger partial charge in [-0.1, -0.05) is 0 Å². The molecule has 0 saturated carbocycles. The Balaban J connectivity index is 2.07. The Labute approximate surface area is 83.0 Å². The van der Waals surface area contributed by atoms with Gasteiger partial charge in [0, 0.05) is 0 Å². The maximum Gasteiger partial charge on any atom is 0.163 e. The summed E-state index contributed by atoms with van der Waals surface area (Å²) in [6.45, 7) is 4.06. The number of hydrogen-bond donors (Lipinski definition) is 3. The Hall–Kier alpha value is -0.200. The topological polar surface area (TPSA) is 71.0 Å². The minimum Gasteiger partial charge on any atom is -0.395 e. The van der Waals surface area contributed by atoms with E-state index in [4.69, 9.17) is 14.6 Å². The second kappa shape index (κ2) is 3.43. The summed E-state index contributed by atoms with van der Waals surface area (Å²) in [5.41, 5.74) is 0. The average Bonchev–Trinajstić information content (AvgIpc) is 2.42. The van der Waals surface area contributed by atoms with Crippen molar-refractivity contribution in [2.24, 2.45) is 0 Å². The van der Waals surface area contributed by atoms with Crippen LogP contribution in [0.4, 0.5) is 0 Å². The van der Waals surface area contributed by atoms with E-state index in [1.165, 1.54) is 0 Å². The molecule has 0 aromatic carbocycles. The smallest absolute Gasteiger partial charge is 0.163 e. The van der Waals surface area contributed by atoms with E-state index in [1.54, 1.807) is 0 Å². The van der Waals surface area contributed by atoms with Crippen molar-refractivity contribution in [3.63, 3.8) is 0 Å². The van der Waals surface area contributed by atoms with Crippen LogP contribution in [0.1, 0.15) is 13.8 Å². The van der Waals surface area contributed by atoms with Crippen LogP contribution in [0.15, 0.2) is 0 Å². The molecule has 82 valence electrons.